The summed E-state index contributed by atoms with van der Waals surface area (Å²) < 4.78 is 0. The number of benzene rings is 11. The van der Waals surface area contributed by atoms with E-state index in [0.29, 0.717) is 0 Å². The molecule has 11 aromatic carbocycles. The van der Waals surface area contributed by atoms with Gasteiger partial charge in [0.1, 0.15) is 0 Å². The highest BCUT2D eigenvalue weighted by molar-refractivity contribution is 6.43. The van der Waals surface area contributed by atoms with Gasteiger partial charge in [0.05, 0.1) is 45.6 Å². The zero-order chi connectivity index (χ0) is 89.3. The van der Waals surface area contributed by atoms with E-state index in [2.05, 4.69) is 321 Å². The molecule has 0 radical (unpaired) electrons. The standard InChI is InChI=1S/C124H112N8/c1-13-21-45-79-67(9)95-59-107-91-57-93-94(58-92(91)108(131-107)60-96-68(10)80(46-22-14-2)104(126-96)64-100-76(18-6)75(17-5)99(129-100)63-103(79)125-95)112(72-39-31-26-32-40-72)120-88-54-50-84-86-52-56-90-118-89(55-51-85(116(86)118)83-49-53-87(117(88)115(83)84)119(120)111(93)71-37-29-25-30-38-71)121-113(73-41-33-27-34-42-73)123-109-61-97-69(11)81(47-23-15-3)105(127-97)65-101-77(19-7)78(20-8)102(130-101)66-106-82(48-24-16-4)70(12)98(128-106)62-110(132-109)124(123)114(122(90)121)74-43-35-28-36-44-74/h25-44,49-56,59-66,129-132H,13-24,45-48,57-58H2,1-12H3. The fourth-order valence-electron chi connectivity index (χ4n) is 24.7. The molecule has 0 amide bonds. The third-order valence-electron chi connectivity index (χ3n) is 31.1. The van der Waals surface area contributed by atoms with Crippen molar-refractivity contribution < 1.29 is 0 Å². The van der Waals surface area contributed by atoms with Crippen molar-refractivity contribution >= 4 is 143 Å². The van der Waals surface area contributed by atoms with E-state index >= 15 is 0 Å². The molecule has 10 heterocycles. The molecule has 16 bridgehead atoms. The highest BCUT2D eigenvalue weighted by atomic mass is 14.8. The van der Waals surface area contributed by atoms with Crippen LogP contribution in [0.3, 0.4) is 0 Å². The topological polar surface area (TPSA) is 115 Å². The molecule has 648 valence electrons. The van der Waals surface area contributed by atoms with Crippen LogP contribution >= 0.6 is 0 Å². The van der Waals surface area contributed by atoms with Gasteiger partial charge in [-0.25, -0.2) is 19.9 Å². The van der Waals surface area contributed by atoms with Crippen LogP contribution < -0.4 is 0 Å². The fraction of sp³-hybridized carbons (Fsp3) is 0.242. The summed E-state index contributed by atoms with van der Waals surface area (Å²) in [5.41, 5.74) is 58.7. The smallest absolute Gasteiger partial charge is 0.0693 e. The first kappa shape index (κ1) is 81.4. The average Bonchev–Trinajstić information content (AvgIpc) is 1.46. The summed E-state index contributed by atoms with van der Waals surface area (Å²) in [6.45, 7) is 27.8. The van der Waals surface area contributed by atoms with Gasteiger partial charge in [0.25, 0.3) is 0 Å². The highest BCUT2D eigenvalue weighted by Crippen LogP contribution is 2.65. The first-order chi connectivity index (χ1) is 64.8. The van der Waals surface area contributed by atoms with Crippen LogP contribution in [0.15, 0.2) is 218 Å². The van der Waals surface area contributed by atoms with Gasteiger partial charge in [0.2, 0.25) is 0 Å². The van der Waals surface area contributed by atoms with E-state index in [1.54, 1.807) is 0 Å². The number of nitrogens with one attached hydrogen (secondary N) is 4. The minimum Gasteiger partial charge on any atom is -0.355 e. The Balaban J connectivity index is 0.767. The normalized spacial score (nSPS) is 13.8. The third-order valence-corrected chi connectivity index (χ3v) is 31.1. The summed E-state index contributed by atoms with van der Waals surface area (Å²) in [7, 11) is 0. The van der Waals surface area contributed by atoms with Gasteiger partial charge in [-0.1, -0.05) is 251 Å². The SMILES string of the molecule is CCCCC1=C(C)c2cc3[nH]c(cc4nc(cc5[nH]c(cc1n2)c(CC)c5CC)C(CCCC)=C4C)c1c3Cc2c(c(-c3ccccc3)c3c(c2-c2ccccc2)-c2ccc4c5ccc6c7c(ccc(c8ccc-3c2c48)c75)-c2c-6c(-c3ccccc3)c3c4cc5nc(cc6[nH]c(cc7nc(cc([nH]4)c3c2-c2ccccc2)C(C)=C7CCCC)c(CC)c6CC)C(CCCC)=C5C)C1. The number of H-pyrrole nitrogens is 4. The molecule has 4 aliphatic heterocycles. The highest BCUT2D eigenvalue weighted by Gasteiger charge is 2.40. The van der Waals surface area contributed by atoms with Crippen LogP contribution in [0.5, 0.6) is 0 Å². The molecule has 0 saturated heterocycles. The molecule has 0 fully saturated rings. The molecular formula is C124H112N8. The molecule has 0 spiro atoms. The second-order valence-electron chi connectivity index (χ2n) is 38.3. The van der Waals surface area contributed by atoms with Crippen LogP contribution in [-0.4, -0.2) is 39.9 Å². The van der Waals surface area contributed by atoms with Gasteiger partial charge in [0, 0.05) is 78.9 Å². The van der Waals surface area contributed by atoms with Gasteiger partial charge in [-0.15, -0.1) is 0 Å². The van der Waals surface area contributed by atoms with Crippen LogP contribution in [0.2, 0.25) is 0 Å². The average molecular weight is 1710 g/mol. The lowest BCUT2D eigenvalue weighted by Crippen LogP contribution is -2.11. The van der Waals surface area contributed by atoms with Gasteiger partial charge in [-0.05, 0) is 363 Å². The number of aromatic nitrogens is 8. The number of allylic oxidation sites excluding steroid dienone is 8. The predicted molar refractivity (Wildman–Crippen MR) is 562 cm³/mol. The van der Waals surface area contributed by atoms with Crippen molar-refractivity contribution in [3.05, 3.63) is 308 Å². The molecule has 8 nitrogen and oxygen atoms in total. The molecule has 24 rings (SSSR count). The lowest BCUT2D eigenvalue weighted by molar-refractivity contribution is 0.824. The zero-order valence-electron chi connectivity index (χ0n) is 78.3. The van der Waals surface area contributed by atoms with Crippen molar-refractivity contribution in [3.63, 3.8) is 0 Å². The number of aromatic amines is 4. The van der Waals surface area contributed by atoms with E-state index in [1.165, 1.54) is 232 Å². The minimum absolute atomic E-state index is 0.723. The van der Waals surface area contributed by atoms with Crippen molar-refractivity contribution in [1.82, 2.24) is 39.9 Å². The van der Waals surface area contributed by atoms with E-state index in [1.807, 2.05) is 0 Å². The van der Waals surface area contributed by atoms with Crippen LogP contribution in [-0.2, 0) is 38.5 Å². The van der Waals surface area contributed by atoms with E-state index in [4.69, 9.17) is 19.9 Å². The van der Waals surface area contributed by atoms with Crippen molar-refractivity contribution in [2.45, 2.75) is 199 Å². The van der Waals surface area contributed by atoms with E-state index in [9.17, 15) is 0 Å². The second-order valence-corrected chi connectivity index (χ2v) is 38.3. The fourth-order valence-corrected chi connectivity index (χ4v) is 24.7. The van der Waals surface area contributed by atoms with Gasteiger partial charge >= 0.3 is 0 Å². The number of hydrogen-bond acceptors (Lipinski definition) is 4. The van der Waals surface area contributed by atoms with E-state index in [-0.39, 0.29) is 0 Å². The molecule has 132 heavy (non-hydrogen) atoms. The summed E-state index contributed by atoms with van der Waals surface area (Å²) in [6.07, 6.45) is 17.7. The summed E-state index contributed by atoms with van der Waals surface area (Å²) in [4.78, 5) is 39.7. The Labute approximate surface area is 773 Å². The van der Waals surface area contributed by atoms with Crippen molar-refractivity contribution in [3.8, 4) is 89.0 Å². The number of nitrogens with zero attached hydrogens (tertiary/aromatic N) is 4. The number of hydrogen-bond donors (Lipinski definition) is 4. The second kappa shape index (κ2) is 32.0. The minimum atomic E-state index is 0.723. The van der Waals surface area contributed by atoms with Crippen LogP contribution in [0.1, 0.15) is 250 Å². The molecule has 0 saturated carbocycles. The lowest BCUT2D eigenvalue weighted by Gasteiger charge is -2.28. The maximum absolute atomic E-state index is 5.82. The number of fused-ring (bicyclic) bond motifs is 31. The summed E-state index contributed by atoms with van der Waals surface area (Å²) >= 11 is 0. The van der Waals surface area contributed by atoms with Crippen LogP contribution in [0.25, 0.3) is 232 Å². The monoisotopic (exact) mass is 1710 g/mol. The molecule has 4 N–H and O–H groups in total. The Morgan fingerprint density at radius 2 is 0.470 bits per heavy atom. The van der Waals surface area contributed by atoms with Gasteiger partial charge in [-0.3, -0.25) is 0 Å². The predicted octanol–water partition coefficient (Wildman–Crippen LogP) is 34.3. The Morgan fingerprint density at radius 3 is 0.742 bits per heavy atom. The van der Waals surface area contributed by atoms with E-state index < -0.39 is 0 Å². The Morgan fingerprint density at radius 1 is 0.227 bits per heavy atom. The van der Waals surface area contributed by atoms with Crippen LogP contribution in [0.4, 0.5) is 0 Å². The summed E-state index contributed by atoms with van der Waals surface area (Å²) in [5, 5.41) is 12.7. The van der Waals surface area contributed by atoms with Crippen molar-refractivity contribution in [2.75, 3.05) is 0 Å². The molecule has 3 aliphatic carbocycles. The van der Waals surface area contributed by atoms with Crippen molar-refractivity contribution in [1.29, 1.82) is 0 Å². The first-order valence-electron chi connectivity index (χ1n) is 49.3. The molecule has 0 atom stereocenters. The van der Waals surface area contributed by atoms with Crippen molar-refractivity contribution in [2.24, 2.45) is 0 Å². The Kier molecular flexibility index (Phi) is 19.8. The molecule has 8 heteroatoms. The van der Waals surface area contributed by atoms with Crippen LogP contribution in [0, 0.1) is 0 Å². The van der Waals surface area contributed by atoms with Gasteiger partial charge in [-0.2, -0.15) is 0 Å². The zero-order valence-corrected chi connectivity index (χ0v) is 78.3. The van der Waals surface area contributed by atoms with Gasteiger partial charge < -0.3 is 19.9 Å². The molecule has 6 aromatic heterocycles. The quantitative estimate of drug-likeness (QED) is 0.0449. The maximum Gasteiger partial charge on any atom is 0.0693 e. The Bertz CT molecular complexity index is 7880. The summed E-state index contributed by atoms with van der Waals surface area (Å²) in [5.74, 6) is 0. The first-order valence-corrected chi connectivity index (χ1v) is 49.3. The molecule has 7 aliphatic rings. The molecule has 0 unspecified atom stereocenters. The number of aryl methyl sites for hydroxylation is 4. The van der Waals surface area contributed by atoms with Gasteiger partial charge in [0.15, 0.2) is 0 Å². The summed E-state index contributed by atoms with van der Waals surface area (Å²) in [6, 6.07) is 85.0. The lowest BCUT2D eigenvalue weighted by atomic mass is 9.74. The Hall–Kier alpha value is -13.8. The maximum atomic E-state index is 5.82. The largest absolute Gasteiger partial charge is 0.355 e. The van der Waals surface area contributed by atoms with E-state index in [0.717, 1.165) is 205 Å². The molecule has 17 aromatic rings. The third kappa shape index (κ3) is 12.3. The number of rotatable bonds is 20. The number of unbranched alkanes of at least 4 members (excludes halogenated alkanes) is 4. The molecular weight excluding hydrogens is 1600 g/mol.